The highest BCUT2D eigenvalue weighted by Gasteiger charge is 2.33. The topological polar surface area (TPSA) is 25.2 Å². The molecule has 0 saturated carbocycles. The van der Waals surface area contributed by atoms with Gasteiger partial charge in [-0.05, 0) is 36.4 Å². The molecule has 2 heterocycles. The van der Waals surface area contributed by atoms with Gasteiger partial charge in [0.05, 0.1) is 15.6 Å². The van der Waals surface area contributed by atoms with E-state index in [1.54, 1.807) is 6.08 Å². The predicted molar refractivity (Wildman–Crippen MR) is 92.5 cm³/mol. The van der Waals surface area contributed by atoms with E-state index in [1.807, 2.05) is 29.9 Å². The zero-order chi connectivity index (χ0) is 15.9. The SMILES string of the molecule is Cn1cccc1/C=C1\SC(=S)N(c2ccc(F)c(Cl)c2)C1=O. The van der Waals surface area contributed by atoms with Crippen LogP contribution >= 0.6 is 35.6 Å². The molecule has 1 aromatic heterocycles. The number of rotatable bonds is 2. The number of anilines is 1. The van der Waals surface area contributed by atoms with Gasteiger partial charge in [-0.2, -0.15) is 0 Å². The molecule has 3 nitrogen and oxygen atoms in total. The summed E-state index contributed by atoms with van der Waals surface area (Å²) < 4.78 is 15.6. The Morgan fingerprint density at radius 3 is 2.77 bits per heavy atom. The summed E-state index contributed by atoms with van der Waals surface area (Å²) in [6, 6.07) is 7.90. The van der Waals surface area contributed by atoms with Gasteiger partial charge < -0.3 is 4.57 Å². The van der Waals surface area contributed by atoms with Crippen LogP contribution in [0.3, 0.4) is 0 Å². The first-order valence-corrected chi connectivity index (χ1v) is 7.92. The Morgan fingerprint density at radius 2 is 2.14 bits per heavy atom. The van der Waals surface area contributed by atoms with Gasteiger partial charge in [0.25, 0.3) is 5.91 Å². The minimum absolute atomic E-state index is 0.0436. The van der Waals surface area contributed by atoms with Crippen molar-refractivity contribution in [3.8, 4) is 0 Å². The third kappa shape index (κ3) is 2.69. The van der Waals surface area contributed by atoms with Crippen LogP contribution < -0.4 is 4.90 Å². The van der Waals surface area contributed by atoms with Crippen LogP contribution in [0.2, 0.25) is 5.02 Å². The van der Waals surface area contributed by atoms with Gasteiger partial charge >= 0.3 is 0 Å². The highest BCUT2D eigenvalue weighted by molar-refractivity contribution is 8.27. The number of benzene rings is 1. The van der Waals surface area contributed by atoms with Crippen LogP contribution in [-0.4, -0.2) is 14.8 Å². The molecule has 0 radical (unpaired) electrons. The fourth-order valence-corrected chi connectivity index (χ4v) is 3.53. The zero-order valence-electron chi connectivity index (χ0n) is 11.4. The Balaban J connectivity index is 1.96. The Labute approximate surface area is 141 Å². The second-order valence-corrected chi connectivity index (χ2v) is 6.74. The number of thiocarbonyl (C=S) groups is 1. The lowest BCUT2D eigenvalue weighted by atomic mass is 10.2. The quantitative estimate of drug-likeness (QED) is 0.597. The number of nitrogens with zero attached hydrogens (tertiary/aromatic N) is 2. The first-order chi connectivity index (χ1) is 10.5. The molecule has 0 aliphatic carbocycles. The average Bonchev–Trinajstić information content (AvgIpc) is 2.99. The van der Waals surface area contributed by atoms with Crippen LogP contribution in [-0.2, 0) is 11.8 Å². The lowest BCUT2D eigenvalue weighted by Crippen LogP contribution is -2.27. The van der Waals surface area contributed by atoms with Gasteiger partial charge in [0.2, 0.25) is 0 Å². The van der Waals surface area contributed by atoms with Gasteiger partial charge in [0, 0.05) is 18.9 Å². The number of carbonyl (C=O) groups is 1. The van der Waals surface area contributed by atoms with Crippen molar-refractivity contribution in [2.45, 2.75) is 0 Å². The largest absolute Gasteiger partial charge is 0.351 e. The molecule has 3 rings (SSSR count). The van der Waals surface area contributed by atoms with Crippen molar-refractivity contribution in [3.63, 3.8) is 0 Å². The minimum atomic E-state index is -0.532. The van der Waals surface area contributed by atoms with E-state index >= 15 is 0 Å². The van der Waals surface area contributed by atoms with E-state index in [1.165, 1.54) is 34.9 Å². The molecule has 0 bridgehead atoms. The zero-order valence-corrected chi connectivity index (χ0v) is 13.8. The highest BCUT2D eigenvalue weighted by atomic mass is 35.5. The first kappa shape index (κ1) is 15.3. The first-order valence-electron chi connectivity index (χ1n) is 6.32. The monoisotopic (exact) mass is 352 g/mol. The van der Waals surface area contributed by atoms with Crippen LogP contribution in [0.1, 0.15) is 5.69 Å². The van der Waals surface area contributed by atoms with Gasteiger partial charge in [-0.1, -0.05) is 35.6 Å². The van der Waals surface area contributed by atoms with Crippen LogP contribution in [0.5, 0.6) is 0 Å². The number of amides is 1. The summed E-state index contributed by atoms with van der Waals surface area (Å²) in [7, 11) is 1.90. The lowest BCUT2D eigenvalue weighted by molar-refractivity contribution is -0.113. The fourth-order valence-electron chi connectivity index (χ4n) is 2.07. The molecule has 112 valence electrons. The van der Waals surface area contributed by atoms with Crippen molar-refractivity contribution in [3.05, 3.63) is 58.0 Å². The second kappa shape index (κ2) is 5.87. The summed E-state index contributed by atoms with van der Waals surface area (Å²) >= 11 is 12.3. The number of aryl methyl sites for hydroxylation is 1. The van der Waals surface area contributed by atoms with E-state index in [4.69, 9.17) is 23.8 Å². The van der Waals surface area contributed by atoms with Crippen LogP contribution in [0.15, 0.2) is 41.4 Å². The van der Waals surface area contributed by atoms with E-state index in [0.717, 1.165) is 5.69 Å². The third-order valence-electron chi connectivity index (χ3n) is 3.22. The predicted octanol–water partition coefficient (Wildman–Crippen LogP) is 4.22. The number of hydrogen-bond acceptors (Lipinski definition) is 3. The standard InChI is InChI=1S/C15H10ClFN2OS2/c1-18-6-2-3-9(18)8-13-14(20)19(15(21)22-13)10-4-5-12(17)11(16)7-10/h2-8H,1H3/b13-8-. The maximum absolute atomic E-state index is 13.3. The van der Waals surface area contributed by atoms with Crippen molar-refractivity contribution in [1.29, 1.82) is 0 Å². The van der Waals surface area contributed by atoms with Gasteiger partial charge in [-0.3, -0.25) is 9.69 Å². The molecule has 1 aliphatic rings. The number of thioether (sulfide) groups is 1. The molecular weight excluding hydrogens is 343 g/mol. The Bertz CT molecular complexity index is 816. The number of aromatic nitrogens is 1. The summed E-state index contributed by atoms with van der Waals surface area (Å²) in [4.78, 5) is 14.4. The molecule has 1 aromatic carbocycles. The number of hydrogen-bond donors (Lipinski definition) is 0. The van der Waals surface area contributed by atoms with Crippen molar-refractivity contribution in [1.82, 2.24) is 4.57 Å². The summed E-state index contributed by atoms with van der Waals surface area (Å²) in [5, 5.41) is -0.0436. The van der Waals surface area contributed by atoms with Gasteiger partial charge in [-0.25, -0.2) is 4.39 Å². The summed E-state index contributed by atoms with van der Waals surface area (Å²) in [6.45, 7) is 0. The molecule has 1 fully saturated rings. The highest BCUT2D eigenvalue weighted by Crippen LogP contribution is 2.37. The number of carbonyl (C=O) groups excluding carboxylic acids is 1. The fraction of sp³-hybridized carbons (Fsp3) is 0.0667. The summed E-state index contributed by atoms with van der Waals surface area (Å²) in [6.07, 6.45) is 3.68. The van der Waals surface area contributed by atoms with Crippen molar-refractivity contribution < 1.29 is 9.18 Å². The average molecular weight is 353 g/mol. The Morgan fingerprint density at radius 1 is 1.36 bits per heavy atom. The number of halogens is 2. The Kier molecular flexibility index (Phi) is 4.08. The summed E-state index contributed by atoms with van der Waals surface area (Å²) in [5.41, 5.74) is 1.36. The molecule has 22 heavy (non-hydrogen) atoms. The van der Waals surface area contributed by atoms with Gasteiger partial charge in [0.15, 0.2) is 4.32 Å². The van der Waals surface area contributed by atoms with Crippen molar-refractivity contribution >= 4 is 57.6 Å². The van der Waals surface area contributed by atoms with Crippen molar-refractivity contribution in [2.75, 3.05) is 4.90 Å². The molecule has 0 N–H and O–H groups in total. The molecule has 7 heteroatoms. The molecule has 0 atom stereocenters. The van der Waals surface area contributed by atoms with E-state index in [2.05, 4.69) is 0 Å². The maximum Gasteiger partial charge on any atom is 0.270 e. The maximum atomic E-state index is 13.3. The smallest absolute Gasteiger partial charge is 0.270 e. The van der Waals surface area contributed by atoms with Gasteiger partial charge in [-0.15, -0.1) is 0 Å². The normalized spacial score (nSPS) is 16.9. The van der Waals surface area contributed by atoms with Crippen molar-refractivity contribution in [2.24, 2.45) is 7.05 Å². The van der Waals surface area contributed by atoms with E-state index in [0.29, 0.717) is 14.9 Å². The van der Waals surface area contributed by atoms with E-state index in [9.17, 15) is 9.18 Å². The molecule has 1 aliphatic heterocycles. The molecule has 1 saturated heterocycles. The van der Waals surface area contributed by atoms with Gasteiger partial charge in [0.1, 0.15) is 5.82 Å². The van der Waals surface area contributed by atoms with Crippen LogP contribution in [0, 0.1) is 5.82 Å². The minimum Gasteiger partial charge on any atom is -0.351 e. The Hall–Kier alpha value is -1.63. The second-order valence-electron chi connectivity index (χ2n) is 4.66. The lowest BCUT2D eigenvalue weighted by Gasteiger charge is -2.14. The van der Waals surface area contributed by atoms with E-state index in [-0.39, 0.29) is 10.9 Å². The van der Waals surface area contributed by atoms with Crippen LogP contribution in [0.25, 0.3) is 6.08 Å². The molecular formula is C15H10ClFN2OS2. The third-order valence-corrected chi connectivity index (χ3v) is 4.81. The molecule has 2 aromatic rings. The van der Waals surface area contributed by atoms with Crippen LogP contribution in [0.4, 0.5) is 10.1 Å². The summed E-state index contributed by atoms with van der Waals surface area (Å²) in [5.74, 6) is -0.769. The molecule has 0 unspecified atom stereocenters. The molecule has 1 amide bonds. The van der Waals surface area contributed by atoms with E-state index < -0.39 is 5.82 Å². The molecule has 0 spiro atoms.